The highest BCUT2D eigenvalue weighted by atomic mass is 32.1. The van der Waals surface area contributed by atoms with Crippen LogP contribution >= 0.6 is 11.3 Å². The average Bonchev–Trinajstić information content (AvgIpc) is 3.27. The molecule has 1 aromatic carbocycles. The van der Waals surface area contributed by atoms with Crippen molar-refractivity contribution in [3.8, 4) is 10.6 Å². The molecule has 1 fully saturated rings. The van der Waals surface area contributed by atoms with Crippen LogP contribution in [0.5, 0.6) is 0 Å². The lowest BCUT2D eigenvalue weighted by Gasteiger charge is -2.31. The van der Waals surface area contributed by atoms with Crippen LogP contribution in [0.1, 0.15) is 24.1 Å². The summed E-state index contributed by atoms with van der Waals surface area (Å²) in [7, 11) is 0. The lowest BCUT2D eigenvalue weighted by atomic mass is 9.95. The van der Waals surface area contributed by atoms with Crippen molar-refractivity contribution >= 4 is 23.2 Å². The van der Waals surface area contributed by atoms with Gasteiger partial charge in [0.2, 0.25) is 11.8 Å². The number of nitrogens with one attached hydrogen (secondary N) is 1. The quantitative estimate of drug-likeness (QED) is 0.664. The molecule has 4 rings (SSSR count). The molecule has 3 aromatic rings. The normalized spacial score (nSPS) is 14.5. The molecule has 0 aliphatic carbocycles. The number of likely N-dealkylation sites (tertiary alicyclic amines) is 1. The van der Waals surface area contributed by atoms with Gasteiger partial charge in [0, 0.05) is 48.9 Å². The van der Waals surface area contributed by atoms with Gasteiger partial charge in [0.1, 0.15) is 5.01 Å². The molecule has 1 aliphatic rings. The van der Waals surface area contributed by atoms with Gasteiger partial charge in [-0.05, 0) is 30.5 Å². The van der Waals surface area contributed by atoms with Crippen LogP contribution in [0.25, 0.3) is 10.6 Å². The number of carbonyl (C=O) groups excluding carboxylic acids is 2. The summed E-state index contributed by atoms with van der Waals surface area (Å²) in [6.07, 6.45) is 5.20. The Hall–Kier alpha value is -3.06. The zero-order valence-electron chi connectivity index (χ0n) is 16.7. The smallest absolute Gasteiger partial charge is 0.228 e. The Kier molecular flexibility index (Phi) is 6.49. The van der Waals surface area contributed by atoms with Crippen LogP contribution in [0.4, 0.5) is 0 Å². The van der Waals surface area contributed by atoms with E-state index in [2.05, 4.69) is 15.3 Å². The van der Waals surface area contributed by atoms with Crippen LogP contribution < -0.4 is 5.32 Å². The maximum atomic E-state index is 12.7. The second-order valence-electron chi connectivity index (χ2n) is 7.42. The van der Waals surface area contributed by atoms with E-state index in [1.807, 2.05) is 52.7 Å². The lowest BCUT2D eigenvalue weighted by molar-refractivity contribution is -0.135. The summed E-state index contributed by atoms with van der Waals surface area (Å²) in [6.45, 7) is 1.77. The number of hydrogen-bond acceptors (Lipinski definition) is 5. The SMILES string of the molecule is O=C(NCc1ccccc1)C1CCN(C(=O)Cc2csc(-c3cccnc3)n2)CC1. The summed E-state index contributed by atoms with van der Waals surface area (Å²) >= 11 is 1.52. The molecule has 2 aromatic heterocycles. The predicted molar refractivity (Wildman–Crippen MR) is 117 cm³/mol. The molecule has 0 radical (unpaired) electrons. The minimum Gasteiger partial charge on any atom is -0.352 e. The molecule has 30 heavy (non-hydrogen) atoms. The van der Waals surface area contributed by atoms with Crippen molar-refractivity contribution in [2.75, 3.05) is 13.1 Å². The Bertz CT molecular complexity index is 983. The Morgan fingerprint density at radius 1 is 1.10 bits per heavy atom. The molecular weight excluding hydrogens is 396 g/mol. The molecule has 6 nitrogen and oxygen atoms in total. The zero-order chi connectivity index (χ0) is 20.8. The molecule has 154 valence electrons. The van der Waals surface area contributed by atoms with Crippen LogP contribution in [-0.2, 0) is 22.6 Å². The van der Waals surface area contributed by atoms with Gasteiger partial charge in [-0.3, -0.25) is 14.6 Å². The summed E-state index contributed by atoms with van der Waals surface area (Å²) in [5.74, 6) is 0.113. The van der Waals surface area contributed by atoms with E-state index in [0.29, 0.717) is 38.9 Å². The number of carbonyl (C=O) groups is 2. The molecule has 0 atom stereocenters. The molecule has 0 unspecified atom stereocenters. The first-order chi connectivity index (χ1) is 14.7. The molecule has 7 heteroatoms. The van der Waals surface area contributed by atoms with Gasteiger partial charge in [-0.25, -0.2) is 4.98 Å². The second kappa shape index (κ2) is 9.63. The van der Waals surface area contributed by atoms with Crippen molar-refractivity contribution in [3.05, 3.63) is 71.5 Å². The Morgan fingerprint density at radius 3 is 2.63 bits per heavy atom. The fourth-order valence-electron chi connectivity index (χ4n) is 3.60. The van der Waals surface area contributed by atoms with Gasteiger partial charge in [0.25, 0.3) is 0 Å². The van der Waals surface area contributed by atoms with Crippen LogP contribution in [0.15, 0.2) is 60.2 Å². The van der Waals surface area contributed by atoms with Gasteiger partial charge in [-0.1, -0.05) is 30.3 Å². The molecule has 3 heterocycles. The first-order valence-corrected chi connectivity index (χ1v) is 11.0. The number of nitrogens with zero attached hydrogens (tertiary/aromatic N) is 3. The highest BCUT2D eigenvalue weighted by molar-refractivity contribution is 7.13. The number of amides is 2. The third kappa shape index (κ3) is 5.10. The third-order valence-electron chi connectivity index (χ3n) is 5.32. The minimum atomic E-state index is -0.0331. The maximum absolute atomic E-state index is 12.7. The number of rotatable bonds is 6. The molecule has 1 aliphatic heterocycles. The summed E-state index contributed by atoms with van der Waals surface area (Å²) in [6, 6.07) is 13.7. The van der Waals surface area contributed by atoms with Crippen molar-refractivity contribution in [2.24, 2.45) is 5.92 Å². The highest BCUT2D eigenvalue weighted by Gasteiger charge is 2.27. The fraction of sp³-hybridized carbons (Fsp3) is 0.304. The molecular formula is C23H24N4O2S. The lowest BCUT2D eigenvalue weighted by Crippen LogP contribution is -2.43. The van der Waals surface area contributed by atoms with Gasteiger partial charge in [0.15, 0.2) is 0 Å². The number of piperidine rings is 1. The maximum Gasteiger partial charge on any atom is 0.228 e. The fourth-order valence-corrected chi connectivity index (χ4v) is 4.41. The molecule has 0 bridgehead atoms. The second-order valence-corrected chi connectivity index (χ2v) is 8.28. The predicted octanol–water partition coefficient (Wildman–Crippen LogP) is 3.30. The number of aromatic nitrogens is 2. The van der Waals surface area contributed by atoms with Crippen LogP contribution in [0.2, 0.25) is 0 Å². The zero-order valence-corrected chi connectivity index (χ0v) is 17.5. The topological polar surface area (TPSA) is 75.2 Å². The number of pyridine rings is 1. The van der Waals surface area contributed by atoms with Gasteiger partial charge in [0.05, 0.1) is 12.1 Å². The van der Waals surface area contributed by atoms with Crippen LogP contribution in [0, 0.1) is 5.92 Å². The van der Waals surface area contributed by atoms with Crippen molar-refractivity contribution in [1.29, 1.82) is 0 Å². The summed E-state index contributed by atoms with van der Waals surface area (Å²) < 4.78 is 0. The summed E-state index contributed by atoms with van der Waals surface area (Å²) in [4.78, 5) is 35.7. The van der Waals surface area contributed by atoms with Crippen LogP contribution in [-0.4, -0.2) is 39.8 Å². The first kappa shape index (κ1) is 20.2. The number of hydrogen-bond donors (Lipinski definition) is 1. The van der Waals surface area contributed by atoms with Gasteiger partial charge >= 0.3 is 0 Å². The van der Waals surface area contributed by atoms with Gasteiger partial charge in [-0.15, -0.1) is 11.3 Å². The molecule has 2 amide bonds. The minimum absolute atomic E-state index is 0.0331. The van der Waals surface area contributed by atoms with E-state index in [4.69, 9.17) is 0 Å². The van der Waals surface area contributed by atoms with Gasteiger partial charge in [-0.2, -0.15) is 0 Å². The molecule has 0 spiro atoms. The van der Waals surface area contributed by atoms with Gasteiger partial charge < -0.3 is 10.2 Å². The molecule has 1 saturated heterocycles. The highest BCUT2D eigenvalue weighted by Crippen LogP contribution is 2.24. The summed E-state index contributed by atoms with van der Waals surface area (Å²) in [5, 5.41) is 5.82. The van der Waals surface area contributed by atoms with E-state index in [-0.39, 0.29) is 17.7 Å². The monoisotopic (exact) mass is 420 g/mol. The Balaban J connectivity index is 1.24. The van der Waals surface area contributed by atoms with Crippen molar-refractivity contribution in [3.63, 3.8) is 0 Å². The number of thiazole rings is 1. The Morgan fingerprint density at radius 2 is 1.90 bits per heavy atom. The van der Waals surface area contributed by atoms with E-state index in [1.165, 1.54) is 11.3 Å². The van der Waals surface area contributed by atoms with E-state index in [0.717, 1.165) is 21.8 Å². The van der Waals surface area contributed by atoms with E-state index < -0.39 is 0 Å². The van der Waals surface area contributed by atoms with E-state index >= 15 is 0 Å². The summed E-state index contributed by atoms with van der Waals surface area (Å²) in [5.41, 5.74) is 2.84. The average molecular weight is 421 g/mol. The van der Waals surface area contributed by atoms with Crippen LogP contribution in [0.3, 0.4) is 0 Å². The molecule has 1 N–H and O–H groups in total. The van der Waals surface area contributed by atoms with Crippen molar-refractivity contribution in [2.45, 2.75) is 25.8 Å². The standard InChI is InChI=1S/C23H24N4O2S/c28-21(13-20-16-30-23(26-20)19-7-4-10-24-15-19)27-11-8-18(9-12-27)22(29)25-14-17-5-2-1-3-6-17/h1-7,10,15-16,18H,8-9,11-14H2,(H,25,29). The van der Waals surface area contributed by atoms with Crippen molar-refractivity contribution in [1.82, 2.24) is 20.2 Å². The third-order valence-corrected chi connectivity index (χ3v) is 6.26. The van der Waals surface area contributed by atoms with E-state index in [1.54, 1.807) is 12.4 Å². The number of benzene rings is 1. The van der Waals surface area contributed by atoms with Crippen molar-refractivity contribution < 1.29 is 9.59 Å². The van der Waals surface area contributed by atoms with E-state index in [9.17, 15) is 9.59 Å². The first-order valence-electron chi connectivity index (χ1n) is 10.1. The molecule has 0 saturated carbocycles. The largest absolute Gasteiger partial charge is 0.352 e. The Labute approximate surface area is 180 Å².